The molecule has 2 heterocycles. The predicted molar refractivity (Wildman–Crippen MR) is 159 cm³/mol. The highest BCUT2D eigenvalue weighted by Gasteiger charge is 2.68. The van der Waals surface area contributed by atoms with Gasteiger partial charge in [0.1, 0.15) is 0 Å². The third-order valence-electron chi connectivity index (χ3n) is 13.7. The van der Waals surface area contributed by atoms with Crippen LogP contribution in [0, 0.1) is 52.3 Å². The normalized spacial score (nSPS) is 50.7. The zero-order chi connectivity index (χ0) is 28.6. The second-order valence-electron chi connectivity index (χ2n) is 16.7. The molecule has 2 N–H and O–H groups in total. The molecule has 5 aliphatic rings. The lowest BCUT2D eigenvalue weighted by Crippen LogP contribution is -2.55. The first kappa shape index (κ1) is 30.5. The number of fused-ring (bicyclic) bond motifs is 3. The van der Waals surface area contributed by atoms with Crippen molar-refractivity contribution in [3.63, 3.8) is 0 Å². The molecule has 0 aromatic carbocycles. The standard InChI is InChI=1S/C33H60O5Si/c1-21-10-15-33(36-20-21)22(2)29-28(37-33)17-27-25(19-35)26(12-14-32(27,29)7)31(6)13-11-24(16-23(31)18-34)38-39(8,9)30(3,4)5/h21-29,34-35H,10-20H2,1-9H3/t21?,22-,23+,24?,25+,26-,27-,28-,29-,31-,32-,33+/m0/s1. The van der Waals surface area contributed by atoms with E-state index in [4.69, 9.17) is 13.9 Å². The van der Waals surface area contributed by atoms with Crippen LogP contribution in [0.1, 0.15) is 99.8 Å². The minimum Gasteiger partial charge on any atom is -0.414 e. The summed E-state index contributed by atoms with van der Waals surface area (Å²) in [4.78, 5) is 0. The van der Waals surface area contributed by atoms with Gasteiger partial charge in [0.15, 0.2) is 14.1 Å². The van der Waals surface area contributed by atoms with Crippen LogP contribution in [0.3, 0.4) is 0 Å². The number of aliphatic hydroxyl groups excluding tert-OH is 2. The molecule has 1 spiro atoms. The van der Waals surface area contributed by atoms with E-state index in [1.807, 2.05) is 0 Å². The van der Waals surface area contributed by atoms with Crippen LogP contribution in [0.4, 0.5) is 0 Å². The molecule has 2 saturated heterocycles. The topological polar surface area (TPSA) is 68.2 Å². The molecule has 2 unspecified atom stereocenters. The molecule has 39 heavy (non-hydrogen) atoms. The van der Waals surface area contributed by atoms with Crippen molar-refractivity contribution in [1.29, 1.82) is 0 Å². The molecule has 226 valence electrons. The fraction of sp³-hybridized carbons (Fsp3) is 1.00. The SMILES string of the molecule is CC1CC[C@@]2(OC1)O[C@H]1C[C@H]3[C@H](CO)[C@@H]([C@@]4(C)CCC(O[Si](C)(C)C(C)(C)C)C[C@@H]4CO)CC[C@]3(C)[C@H]1[C@@H]2C. The molecule has 0 aromatic heterocycles. The summed E-state index contributed by atoms with van der Waals surface area (Å²) in [5.74, 6) is 2.51. The minimum absolute atomic E-state index is 0.0325. The van der Waals surface area contributed by atoms with Crippen LogP contribution >= 0.6 is 0 Å². The Kier molecular flexibility index (Phi) is 8.07. The first-order chi connectivity index (χ1) is 18.1. The van der Waals surface area contributed by atoms with Gasteiger partial charge in [0, 0.05) is 31.7 Å². The number of rotatable bonds is 5. The summed E-state index contributed by atoms with van der Waals surface area (Å²) in [6.07, 6.45) is 9.16. The van der Waals surface area contributed by atoms with Gasteiger partial charge < -0.3 is 24.1 Å². The summed E-state index contributed by atoms with van der Waals surface area (Å²) in [5, 5.41) is 21.9. The van der Waals surface area contributed by atoms with Crippen molar-refractivity contribution in [1.82, 2.24) is 0 Å². The van der Waals surface area contributed by atoms with Gasteiger partial charge in [-0.1, -0.05) is 48.5 Å². The molecule has 5 fully saturated rings. The zero-order valence-corrected chi connectivity index (χ0v) is 27.6. The van der Waals surface area contributed by atoms with E-state index in [2.05, 4.69) is 61.6 Å². The van der Waals surface area contributed by atoms with Crippen molar-refractivity contribution >= 4 is 8.32 Å². The highest BCUT2D eigenvalue weighted by Crippen LogP contribution is 2.69. The Morgan fingerprint density at radius 3 is 2.18 bits per heavy atom. The summed E-state index contributed by atoms with van der Waals surface area (Å²) in [5.41, 5.74) is 0.211. The van der Waals surface area contributed by atoms with E-state index in [-0.39, 0.29) is 53.1 Å². The van der Waals surface area contributed by atoms with Crippen LogP contribution in [0.2, 0.25) is 18.1 Å². The summed E-state index contributed by atoms with van der Waals surface area (Å²) in [6, 6.07) is 0. The molecule has 3 saturated carbocycles. The van der Waals surface area contributed by atoms with Gasteiger partial charge in [0.05, 0.1) is 12.7 Å². The quantitative estimate of drug-likeness (QED) is 0.352. The van der Waals surface area contributed by atoms with Gasteiger partial charge in [-0.15, -0.1) is 0 Å². The predicted octanol–water partition coefficient (Wildman–Crippen LogP) is 7.01. The average molecular weight is 565 g/mol. The van der Waals surface area contributed by atoms with Crippen molar-refractivity contribution in [3.05, 3.63) is 0 Å². The Morgan fingerprint density at radius 1 is 0.897 bits per heavy atom. The van der Waals surface area contributed by atoms with Crippen molar-refractivity contribution in [2.75, 3.05) is 19.8 Å². The molecule has 3 aliphatic carbocycles. The fourth-order valence-corrected chi connectivity index (χ4v) is 11.6. The van der Waals surface area contributed by atoms with E-state index in [1.54, 1.807) is 0 Å². The van der Waals surface area contributed by atoms with Crippen LogP contribution < -0.4 is 0 Å². The smallest absolute Gasteiger partial charge is 0.192 e. The second kappa shape index (κ2) is 10.3. The lowest BCUT2D eigenvalue weighted by molar-refractivity contribution is -0.273. The summed E-state index contributed by atoms with van der Waals surface area (Å²) >= 11 is 0. The van der Waals surface area contributed by atoms with E-state index in [0.29, 0.717) is 29.6 Å². The van der Waals surface area contributed by atoms with Gasteiger partial charge in [0.2, 0.25) is 0 Å². The monoisotopic (exact) mass is 564 g/mol. The van der Waals surface area contributed by atoms with E-state index in [0.717, 1.165) is 45.1 Å². The molecular formula is C33H60O5Si. The Balaban J connectivity index is 1.33. The van der Waals surface area contributed by atoms with Gasteiger partial charge in [-0.3, -0.25) is 0 Å². The highest BCUT2D eigenvalue weighted by molar-refractivity contribution is 6.74. The third kappa shape index (κ3) is 4.83. The maximum absolute atomic E-state index is 11.0. The Morgan fingerprint density at radius 2 is 1.59 bits per heavy atom. The first-order valence-corrected chi connectivity index (χ1v) is 19.2. The van der Waals surface area contributed by atoms with Gasteiger partial charge in [-0.2, -0.15) is 0 Å². The lowest BCUT2D eigenvalue weighted by Gasteiger charge is -2.58. The van der Waals surface area contributed by atoms with E-state index in [9.17, 15) is 10.2 Å². The molecule has 0 radical (unpaired) electrons. The molecule has 0 aromatic rings. The molecular weight excluding hydrogens is 504 g/mol. The molecule has 0 bridgehead atoms. The number of aliphatic hydroxyl groups is 2. The summed E-state index contributed by atoms with van der Waals surface area (Å²) < 4.78 is 20.3. The van der Waals surface area contributed by atoms with Crippen LogP contribution in [-0.4, -0.2) is 56.3 Å². The maximum atomic E-state index is 11.0. The highest BCUT2D eigenvalue weighted by atomic mass is 28.4. The van der Waals surface area contributed by atoms with E-state index < -0.39 is 14.1 Å². The van der Waals surface area contributed by atoms with Crippen molar-refractivity contribution in [3.8, 4) is 0 Å². The zero-order valence-electron chi connectivity index (χ0n) is 26.6. The van der Waals surface area contributed by atoms with Crippen LogP contribution in [-0.2, 0) is 13.9 Å². The summed E-state index contributed by atoms with van der Waals surface area (Å²) in [6.45, 7) is 22.5. The Bertz CT molecular complexity index is 878. The maximum Gasteiger partial charge on any atom is 0.192 e. The van der Waals surface area contributed by atoms with E-state index in [1.165, 1.54) is 12.8 Å². The van der Waals surface area contributed by atoms with Crippen LogP contribution in [0.5, 0.6) is 0 Å². The van der Waals surface area contributed by atoms with Gasteiger partial charge in [-0.05, 0) is 109 Å². The number of hydrogen-bond acceptors (Lipinski definition) is 5. The molecule has 0 amide bonds. The average Bonchev–Trinajstić information content (AvgIpc) is 3.30. The third-order valence-corrected chi connectivity index (χ3v) is 18.3. The molecule has 5 rings (SSSR count). The molecule has 5 nitrogen and oxygen atoms in total. The lowest BCUT2D eigenvalue weighted by atomic mass is 9.48. The second-order valence-corrected chi connectivity index (χ2v) is 21.5. The molecule has 6 heteroatoms. The van der Waals surface area contributed by atoms with Crippen LogP contribution in [0.15, 0.2) is 0 Å². The van der Waals surface area contributed by atoms with Crippen molar-refractivity contribution < 1.29 is 24.1 Å². The molecule has 2 aliphatic heterocycles. The van der Waals surface area contributed by atoms with Crippen molar-refractivity contribution in [2.24, 2.45) is 52.3 Å². The minimum atomic E-state index is -1.85. The summed E-state index contributed by atoms with van der Waals surface area (Å²) in [7, 11) is -1.85. The number of hydrogen-bond donors (Lipinski definition) is 2. The van der Waals surface area contributed by atoms with Gasteiger partial charge >= 0.3 is 0 Å². The van der Waals surface area contributed by atoms with Crippen molar-refractivity contribution in [2.45, 2.75) is 136 Å². The number of ether oxygens (including phenoxy) is 2. The first-order valence-electron chi connectivity index (χ1n) is 16.3. The van der Waals surface area contributed by atoms with Gasteiger partial charge in [-0.25, -0.2) is 0 Å². The van der Waals surface area contributed by atoms with Gasteiger partial charge in [0.25, 0.3) is 0 Å². The Labute approximate surface area is 240 Å². The largest absolute Gasteiger partial charge is 0.414 e. The van der Waals surface area contributed by atoms with E-state index >= 15 is 0 Å². The molecule has 12 atom stereocenters. The fourth-order valence-electron chi connectivity index (χ4n) is 10.2. The Hall–Kier alpha value is 0.0169. The van der Waals surface area contributed by atoms with Crippen LogP contribution in [0.25, 0.3) is 0 Å².